The van der Waals surface area contributed by atoms with Crippen molar-refractivity contribution >= 4 is 22.6 Å². The minimum absolute atomic E-state index is 0.318. The summed E-state index contributed by atoms with van der Waals surface area (Å²) in [5.74, 6) is -0.318. The molecule has 3 aromatic rings. The number of esters is 1. The molecule has 3 rings (SSSR count). The molecular formula is C17H16N2O2. The van der Waals surface area contributed by atoms with Crippen LogP contribution in [0.4, 0.5) is 5.69 Å². The van der Waals surface area contributed by atoms with E-state index < -0.39 is 0 Å². The van der Waals surface area contributed by atoms with Crippen molar-refractivity contribution < 1.29 is 9.53 Å². The number of hydrogen-bond donors (Lipinski definition) is 1. The molecule has 0 radical (unpaired) electrons. The average Bonchev–Trinajstić information content (AvgIpc) is 2.89. The zero-order chi connectivity index (χ0) is 14.8. The lowest BCUT2D eigenvalue weighted by molar-refractivity contribution is 0.0600. The maximum absolute atomic E-state index is 11.6. The number of ether oxygens (including phenoxy) is 1. The normalized spacial score (nSPS) is 10.7. The van der Waals surface area contributed by atoms with E-state index in [-0.39, 0.29) is 5.97 Å². The zero-order valence-corrected chi connectivity index (χ0v) is 11.7. The van der Waals surface area contributed by atoms with Gasteiger partial charge in [0.1, 0.15) is 0 Å². The Bertz CT molecular complexity index is 805. The quantitative estimate of drug-likeness (QED) is 0.592. The summed E-state index contributed by atoms with van der Waals surface area (Å²) in [6.45, 7) is 0.693. The molecule has 21 heavy (non-hydrogen) atoms. The molecule has 0 spiro atoms. The lowest BCUT2D eigenvalue weighted by Gasteiger charge is -2.07. The van der Waals surface area contributed by atoms with Gasteiger partial charge in [0.2, 0.25) is 0 Å². The summed E-state index contributed by atoms with van der Waals surface area (Å²) in [5, 5.41) is 1.11. The number of aromatic nitrogens is 1. The van der Waals surface area contributed by atoms with Gasteiger partial charge in [-0.25, -0.2) is 4.79 Å². The molecule has 0 saturated carbocycles. The number of benzene rings is 2. The Labute approximate surface area is 122 Å². The Morgan fingerprint density at radius 3 is 2.86 bits per heavy atom. The van der Waals surface area contributed by atoms with Crippen LogP contribution in [0.15, 0.2) is 54.7 Å². The maximum Gasteiger partial charge on any atom is 0.337 e. The second-order valence-electron chi connectivity index (χ2n) is 4.95. The van der Waals surface area contributed by atoms with E-state index in [0.717, 1.165) is 22.2 Å². The lowest BCUT2D eigenvalue weighted by Crippen LogP contribution is -2.03. The molecule has 0 atom stereocenters. The van der Waals surface area contributed by atoms with E-state index in [1.54, 1.807) is 6.07 Å². The number of nitrogen functional groups attached to an aromatic ring is 1. The number of anilines is 1. The summed E-state index contributed by atoms with van der Waals surface area (Å²) in [6, 6.07) is 15.4. The number of hydrogen-bond acceptors (Lipinski definition) is 3. The summed E-state index contributed by atoms with van der Waals surface area (Å²) >= 11 is 0. The Morgan fingerprint density at radius 1 is 1.19 bits per heavy atom. The molecule has 106 valence electrons. The molecule has 0 saturated heterocycles. The van der Waals surface area contributed by atoms with E-state index in [2.05, 4.69) is 4.57 Å². The third-order valence-corrected chi connectivity index (χ3v) is 3.50. The van der Waals surface area contributed by atoms with Crippen molar-refractivity contribution in [1.29, 1.82) is 0 Å². The number of methoxy groups -OCH3 is 1. The molecule has 4 heteroatoms. The molecular weight excluding hydrogens is 264 g/mol. The molecule has 0 aliphatic heterocycles. The highest BCUT2D eigenvalue weighted by Crippen LogP contribution is 2.20. The Kier molecular flexibility index (Phi) is 3.36. The first-order valence-electron chi connectivity index (χ1n) is 6.69. The molecule has 1 aromatic heterocycles. The van der Waals surface area contributed by atoms with Crippen molar-refractivity contribution in [2.24, 2.45) is 0 Å². The second-order valence-corrected chi connectivity index (χ2v) is 4.95. The predicted molar refractivity (Wildman–Crippen MR) is 83.2 cm³/mol. The summed E-state index contributed by atoms with van der Waals surface area (Å²) in [5.41, 5.74) is 9.28. The minimum atomic E-state index is -0.318. The standard InChI is InChI=1S/C17H16N2O2/c1-21-17(20)14-4-2-3-12(9-14)11-19-8-7-13-10-15(18)5-6-16(13)19/h2-10H,11,18H2,1H3. The minimum Gasteiger partial charge on any atom is -0.465 e. The molecule has 0 unspecified atom stereocenters. The fourth-order valence-corrected chi connectivity index (χ4v) is 2.47. The van der Waals surface area contributed by atoms with Gasteiger partial charge in [0.05, 0.1) is 12.7 Å². The highest BCUT2D eigenvalue weighted by molar-refractivity contribution is 5.89. The van der Waals surface area contributed by atoms with Gasteiger partial charge >= 0.3 is 5.97 Å². The van der Waals surface area contributed by atoms with Crippen LogP contribution in [0.5, 0.6) is 0 Å². The van der Waals surface area contributed by atoms with Gasteiger partial charge in [-0.3, -0.25) is 0 Å². The van der Waals surface area contributed by atoms with Gasteiger partial charge < -0.3 is 15.0 Å². The van der Waals surface area contributed by atoms with Gasteiger partial charge in [0, 0.05) is 29.3 Å². The first-order chi connectivity index (χ1) is 10.2. The summed E-state index contributed by atoms with van der Waals surface area (Å²) in [6.07, 6.45) is 2.02. The average molecular weight is 280 g/mol. The number of nitrogens with zero attached hydrogens (tertiary/aromatic N) is 1. The van der Waals surface area contributed by atoms with Crippen LogP contribution >= 0.6 is 0 Å². The molecule has 1 heterocycles. The van der Waals surface area contributed by atoms with Crippen LogP contribution in [0.3, 0.4) is 0 Å². The summed E-state index contributed by atoms with van der Waals surface area (Å²) in [7, 11) is 1.39. The van der Waals surface area contributed by atoms with Gasteiger partial charge in [-0.15, -0.1) is 0 Å². The van der Waals surface area contributed by atoms with Gasteiger partial charge in [0.25, 0.3) is 0 Å². The van der Waals surface area contributed by atoms with Gasteiger partial charge in [-0.1, -0.05) is 12.1 Å². The van der Waals surface area contributed by atoms with Gasteiger partial charge in [-0.2, -0.15) is 0 Å². The molecule has 0 bridgehead atoms. The number of carbonyl (C=O) groups excluding carboxylic acids is 1. The van der Waals surface area contributed by atoms with Crippen LogP contribution in [0.1, 0.15) is 15.9 Å². The number of rotatable bonds is 3. The van der Waals surface area contributed by atoms with E-state index >= 15 is 0 Å². The third-order valence-electron chi connectivity index (χ3n) is 3.50. The van der Waals surface area contributed by atoms with E-state index in [4.69, 9.17) is 10.5 Å². The van der Waals surface area contributed by atoms with Crippen molar-refractivity contribution in [3.8, 4) is 0 Å². The van der Waals surface area contributed by atoms with E-state index in [1.165, 1.54) is 7.11 Å². The molecule has 2 aromatic carbocycles. The van der Waals surface area contributed by atoms with E-state index in [1.807, 2.05) is 48.7 Å². The molecule has 0 aliphatic carbocycles. The van der Waals surface area contributed by atoms with Crippen LogP contribution in [-0.4, -0.2) is 17.6 Å². The first kappa shape index (κ1) is 13.2. The van der Waals surface area contributed by atoms with Crippen molar-refractivity contribution in [3.63, 3.8) is 0 Å². The van der Waals surface area contributed by atoms with Crippen molar-refractivity contribution in [2.45, 2.75) is 6.54 Å². The van der Waals surface area contributed by atoms with Gasteiger partial charge in [0.15, 0.2) is 0 Å². The predicted octanol–water partition coefficient (Wildman–Crippen LogP) is 3.06. The monoisotopic (exact) mass is 280 g/mol. The fraction of sp³-hybridized carbons (Fsp3) is 0.118. The molecule has 2 N–H and O–H groups in total. The number of fused-ring (bicyclic) bond motifs is 1. The molecule has 0 fully saturated rings. The van der Waals surface area contributed by atoms with Crippen LogP contribution in [-0.2, 0) is 11.3 Å². The number of carbonyl (C=O) groups is 1. The topological polar surface area (TPSA) is 57.2 Å². The molecule has 0 aliphatic rings. The Morgan fingerprint density at radius 2 is 2.05 bits per heavy atom. The zero-order valence-electron chi connectivity index (χ0n) is 11.7. The van der Waals surface area contributed by atoms with Crippen LogP contribution in [0, 0.1) is 0 Å². The highest BCUT2D eigenvalue weighted by Gasteiger charge is 2.07. The van der Waals surface area contributed by atoms with Crippen LogP contribution in [0.2, 0.25) is 0 Å². The number of nitrogens with two attached hydrogens (primary N) is 1. The van der Waals surface area contributed by atoms with Crippen molar-refractivity contribution in [2.75, 3.05) is 12.8 Å². The Hall–Kier alpha value is -2.75. The van der Waals surface area contributed by atoms with Crippen LogP contribution < -0.4 is 5.73 Å². The van der Waals surface area contributed by atoms with Crippen LogP contribution in [0.25, 0.3) is 10.9 Å². The Balaban J connectivity index is 1.93. The molecule has 0 amide bonds. The highest BCUT2D eigenvalue weighted by atomic mass is 16.5. The summed E-state index contributed by atoms with van der Waals surface area (Å²) in [4.78, 5) is 11.6. The van der Waals surface area contributed by atoms with E-state index in [0.29, 0.717) is 12.1 Å². The third kappa shape index (κ3) is 2.60. The summed E-state index contributed by atoms with van der Waals surface area (Å²) < 4.78 is 6.88. The van der Waals surface area contributed by atoms with Crippen molar-refractivity contribution in [1.82, 2.24) is 4.57 Å². The smallest absolute Gasteiger partial charge is 0.337 e. The van der Waals surface area contributed by atoms with E-state index in [9.17, 15) is 4.79 Å². The van der Waals surface area contributed by atoms with Crippen molar-refractivity contribution in [3.05, 3.63) is 65.9 Å². The van der Waals surface area contributed by atoms with Gasteiger partial charge in [-0.05, 0) is 42.0 Å². The molecule has 4 nitrogen and oxygen atoms in total. The first-order valence-corrected chi connectivity index (χ1v) is 6.69. The fourth-order valence-electron chi connectivity index (χ4n) is 2.47. The largest absolute Gasteiger partial charge is 0.465 e. The second kappa shape index (κ2) is 5.32. The maximum atomic E-state index is 11.6. The SMILES string of the molecule is COC(=O)c1cccc(Cn2ccc3cc(N)ccc32)c1. The lowest BCUT2D eigenvalue weighted by atomic mass is 10.1.